The second kappa shape index (κ2) is 8.46. The Morgan fingerprint density at radius 2 is 2.36 bits per heavy atom. The van der Waals surface area contributed by atoms with E-state index in [4.69, 9.17) is 4.74 Å². The summed E-state index contributed by atoms with van der Waals surface area (Å²) in [5, 5.41) is 12.4. The second-order valence-electron chi connectivity index (χ2n) is 5.91. The number of nitrogens with zero attached hydrogens (tertiary/aromatic N) is 1. The van der Waals surface area contributed by atoms with Gasteiger partial charge in [-0.05, 0) is 43.4 Å². The smallest absolute Gasteiger partial charge is 0.337 e. The monoisotopic (exact) mass is 346 g/mol. The molecule has 1 aliphatic rings. The van der Waals surface area contributed by atoms with Crippen molar-refractivity contribution >= 4 is 11.7 Å². The molecular formula is C19H23FN2O3. The van der Waals surface area contributed by atoms with Crippen LogP contribution >= 0.6 is 0 Å². The fraction of sp³-hybridized carbons (Fsp3) is 0.368. The van der Waals surface area contributed by atoms with Gasteiger partial charge in [0.25, 0.3) is 0 Å². The van der Waals surface area contributed by atoms with Gasteiger partial charge in [-0.3, -0.25) is 4.98 Å². The van der Waals surface area contributed by atoms with E-state index in [-0.39, 0.29) is 23.1 Å². The zero-order valence-corrected chi connectivity index (χ0v) is 14.5. The van der Waals surface area contributed by atoms with Crippen LogP contribution in [0.4, 0.5) is 10.1 Å². The summed E-state index contributed by atoms with van der Waals surface area (Å²) in [6.07, 6.45) is 6.97. The van der Waals surface area contributed by atoms with Gasteiger partial charge in [0.1, 0.15) is 5.76 Å². The van der Waals surface area contributed by atoms with E-state index >= 15 is 0 Å². The fourth-order valence-electron chi connectivity index (χ4n) is 3.07. The maximum Gasteiger partial charge on any atom is 0.337 e. The number of methoxy groups -OCH3 is 1. The lowest BCUT2D eigenvalue weighted by atomic mass is 9.81. The van der Waals surface area contributed by atoms with Gasteiger partial charge in [0, 0.05) is 18.7 Å². The number of allylic oxidation sites excluding steroid dienone is 4. The van der Waals surface area contributed by atoms with E-state index in [9.17, 15) is 14.3 Å². The number of aromatic carboxylic acids is 1. The van der Waals surface area contributed by atoms with Crippen molar-refractivity contribution in [1.29, 1.82) is 0 Å². The molecule has 1 aromatic rings. The lowest BCUT2D eigenvalue weighted by molar-refractivity contribution is 0.0697. The van der Waals surface area contributed by atoms with Gasteiger partial charge in [0.15, 0.2) is 5.83 Å². The van der Waals surface area contributed by atoms with Crippen molar-refractivity contribution in [1.82, 2.24) is 4.98 Å². The minimum Gasteiger partial charge on any atom is -0.498 e. The quantitative estimate of drug-likeness (QED) is 0.719. The Morgan fingerprint density at radius 3 is 3.00 bits per heavy atom. The molecule has 0 radical (unpaired) electrons. The number of carbonyl (C=O) groups is 1. The molecule has 0 aromatic carbocycles. The highest BCUT2D eigenvalue weighted by Gasteiger charge is 2.25. The SMILES string of the molecule is C=CC1=C(/C(F)=C(\C)OC)CCCC1CNc1cnccc1C(=O)O. The van der Waals surface area contributed by atoms with Gasteiger partial charge in [0.2, 0.25) is 0 Å². The van der Waals surface area contributed by atoms with Crippen LogP contribution in [0.1, 0.15) is 36.5 Å². The number of ether oxygens (including phenoxy) is 1. The van der Waals surface area contributed by atoms with Crippen molar-refractivity contribution in [3.05, 3.63) is 59.4 Å². The average Bonchev–Trinajstić information content (AvgIpc) is 2.64. The third-order valence-electron chi connectivity index (χ3n) is 4.46. The van der Waals surface area contributed by atoms with Gasteiger partial charge in [-0.1, -0.05) is 12.7 Å². The summed E-state index contributed by atoms with van der Waals surface area (Å²) in [6, 6.07) is 1.45. The van der Waals surface area contributed by atoms with Crippen LogP contribution in [0.25, 0.3) is 0 Å². The van der Waals surface area contributed by atoms with Crippen LogP contribution in [0.3, 0.4) is 0 Å². The van der Waals surface area contributed by atoms with Crippen LogP contribution < -0.4 is 5.32 Å². The van der Waals surface area contributed by atoms with Crippen LogP contribution in [0, 0.1) is 5.92 Å². The molecule has 0 saturated carbocycles. The number of pyridine rings is 1. The van der Waals surface area contributed by atoms with Gasteiger partial charge in [0.05, 0.1) is 24.6 Å². The summed E-state index contributed by atoms with van der Waals surface area (Å²) in [6.45, 7) is 5.91. The summed E-state index contributed by atoms with van der Waals surface area (Å²) >= 11 is 0. The van der Waals surface area contributed by atoms with Crippen molar-refractivity contribution in [3.63, 3.8) is 0 Å². The van der Waals surface area contributed by atoms with Crippen molar-refractivity contribution in [2.75, 3.05) is 19.0 Å². The molecule has 1 heterocycles. The molecule has 134 valence electrons. The number of rotatable bonds is 7. The van der Waals surface area contributed by atoms with E-state index in [0.717, 1.165) is 18.4 Å². The van der Waals surface area contributed by atoms with E-state index in [2.05, 4.69) is 16.9 Å². The van der Waals surface area contributed by atoms with Gasteiger partial charge in [-0.25, -0.2) is 9.18 Å². The van der Waals surface area contributed by atoms with Crippen LogP contribution in [-0.4, -0.2) is 29.7 Å². The van der Waals surface area contributed by atoms with Crippen molar-refractivity contribution in [2.45, 2.75) is 26.2 Å². The normalized spacial score (nSPS) is 18.4. The standard InChI is InChI=1S/C19H23FN2O3/c1-4-14-13(6-5-7-15(14)18(20)12(2)25-3)10-22-17-11-21-9-8-16(17)19(23)24/h4,8-9,11,13,22H,1,5-7,10H2,2-3H3,(H,23,24)/b18-12-. The minimum absolute atomic E-state index is 0.0403. The number of carboxylic acids is 1. The maximum atomic E-state index is 14.6. The molecule has 0 spiro atoms. The predicted octanol–water partition coefficient (Wildman–Crippen LogP) is 4.32. The van der Waals surface area contributed by atoms with E-state index in [1.54, 1.807) is 13.0 Å². The molecule has 1 atom stereocenters. The topological polar surface area (TPSA) is 71.5 Å². The molecule has 2 N–H and O–H groups in total. The molecule has 1 unspecified atom stereocenters. The van der Waals surface area contributed by atoms with Gasteiger partial charge < -0.3 is 15.2 Å². The highest BCUT2D eigenvalue weighted by molar-refractivity contribution is 5.93. The van der Waals surface area contributed by atoms with Crippen LogP contribution in [0.5, 0.6) is 0 Å². The highest BCUT2D eigenvalue weighted by Crippen LogP contribution is 2.36. The first-order valence-electron chi connectivity index (χ1n) is 8.17. The predicted molar refractivity (Wildman–Crippen MR) is 95.1 cm³/mol. The fourth-order valence-corrected chi connectivity index (χ4v) is 3.07. The first-order chi connectivity index (χ1) is 12.0. The Hall–Kier alpha value is -2.63. The summed E-state index contributed by atoms with van der Waals surface area (Å²) in [5.74, 6) is -1.06. The lowest BCUT2D eigenvalue weighted by Gasteiger charge is -2.27. The van der Waals surface area contributed by atoms with Gasteiger partial charge in [-0.15, -0.1) is 0 Å². The molecule has 0 bridgehead atoms. The molecule has 1 aromatic heterocycles. The number of hydrogen-bond donors (Lipinski definition) is 2. The van der Waals surface area contributed by atoms with E-state index in [0.29, 0.717) is 24.2 Å². The first-order valence-corrected chi connectivity index (χ1v) is 8.17. The Morgan fingerprint density at radius 1 is 1.60 bits per heavy atom. The third kappa shape index (κ3) is 4.26. The number of nitrogens with one attached hydrogen (secondary N) is 1. The van der Waals surface area contributed by atoms with E-state index < -0.39 is 5.97 Å². The van der Waals surface area contributed by atoms with E-state index in [1.807, 2.05) is 0 Å². The zero-order valence-electron chi connectivity index (χ0n) is 14.5. The summed E-state index contributed by atoms with van der Waals surface area (Å²) < 4.78 is 19.6. The molecule has 2 rings (SSSR count). The molecule has 0 aliphatic heterocycles. The minimum atomic E-state index is -1.02. The van der Waals surface area contributed by atoms with Gasteiger partial charge in [-0.2, -0.15) is 0 Å². The Balaban J connectivity index is 2.25. The molecular weight excluding hydrogens is 323 g/mol. The molecule has 5 nitrogen and oxygen atoms in total. The van der Waals surface area contributed by atoms with Crippen LogP contribution in [-0.2, 0) is 4.74 Å². The molecule has 0 saturated heterocycles. The second-order valence-corrected chi connectivity index (χ2v) is 5.91. The van der Waals surface area contributed by atoms with Crippen molar-refractivity contribution in [2.24, 2.45) is 5.92 Å². The molecule has 0 fully saturated rings. The van der Waals surface area contributed by atoms with Crippen molar-refractivity contribution in [3.8, 4) is 0 Å². The Labute approximate surface area is 146 Å². The molecule has 25 heavy (non-hydrogen) atoms. The summed E-state index contributed by atoms with van der Waals surface area (Å²) in [4.78, 5) is 15.2. The number of carboxylic acid groups (broad SMARTS) is 1. The number of hydrogen-bond acceptors (Lipinski definition) is 4. The largest absolute Gasteiger partial charge is 0.498 e. The first kappa shape index (κ1) is 18.7. The van der Waals surface area contributed by atoms with Crippen molar-refractivity contribution < 1.29 is 19.0 Å². The van der Waals surface area contributed by atoms with Crippen LogP contribution in [0.15, 0.2) is 53.8 Å². The highest BCUT2D eigenvalue weighted by atomic mass is 19.1. The van der Waals surface area contributed by atoms with E-state index in [1.165, 1.54) is 25.6 Å². The summed E-state index contributed by atoms with van der Waals surface area (Å²) in [7, 11) is 1.45. The van der Waals surface area contributed by atoms with Crippen LogP contribution in [0.2, 0.25) is 0 Å². The maximum absolute atomic E-state index is 14.6. The number of halogens is 1. The summed E-state index contributed by atoms with van der Waals surface area (Å²) in [5.41, 5.74) is 2.08. The number of aromatic nitrogens is 1. The molecule has 1 aliphatic carbocycles. The zero-order chi connectivity index (χ0) is 18.4. The third-order valence-corrected chi connectivity index (χ3v) is 4.46. The molecule has 0 amide bonds. The molecule has 6 heteroatoms. The number of anilines is 1. The Kier molecular flexibility index (Phi) is 6.33. The average molecular weight is 346 g/mol. The lowest BCUT2D eigenvalue weighted by Crippen LogP contribution is -2.21. The van der Waals surface area contributed by atoms with Gasteiger partial charge >= 0.3 is 5.97 Å². The Bertz CT molecular complexity index is 725.